The maximum absolute atomic E-state index is 11.6. The summed E-state index contributed by atoms with van der Waals surface area (Å²) in [6.07, 6.45) is 1.84. The smallest absolute Gasteiger partial charge is 0.457 e. The van der Waals surface area contributed by atoms with Crippen LogP contribution in [0.4, 0.5) is 0 Å². The highest BCUT2D eigenvalue weighted by molar-refractivity contribution is 6.45. The van der Waals surface area contributed by atoms with Crippen LogP contribution in [0.25, 0.3) is 0 Å². The fourth-order valence-corrected chi connectivity index (χ4v) is 1.71. The molecule has 1 saturated heterocycles. The van der Waals surface area contributed by atoms with E-state index in [1.54, 1.807) is 0 Å². The Morgan fingerprint density at radius 3 is 2.82 bits per heavy atom. The molecule has 0 saturated carbocycles. The van der Waals surface area contributed by atoms with Crippen molar-refractivity contribution in [3.63, 3.8) is 0 Å². The zero-order chi connectivity index (χ0) is 12.9. The third kappa shape index (κ3) is 6.05. The minimum Gasteiger partial charge on any atom is -0.460 e. The maximum atomic E-state index is 11.6. The van der Waals surface area contributed by atoms with Crippen LogP contribution in [0.1, 0.15) is 33.6 Å². The van der Waals surface area contributed by atoms with Crippen molar-refractivity contribution in [2.75, 3.05) is 13.2 Å². The van der Waals surface area contributed by atoms with Crippen molar-refractivity contribution in [3.05, 3.63) is 0 Å². The van der Waals surface area contributed by atoms with Crippen molar-refractivity contribution in [3.8, 4) is 0 Å². The zero-order valence-corrected chi connectivity index (χ0v) is 10.9. The van der Waals surface area contributed by atoms with Crippen molar-refractivity contribution in [1.29, 1.82) is 0 Å². The van der Waals surface area contributed by atoms with E-state index in [0.29, 0.717) is 19.6 Å². The van der Waals surface area contributed by atoms with Gasteiger partial charge in [0.25, 0.3) is 0 Å². The predicted octanol–water partition coefficient (Wildman–Crippen LogP) is 0.971. The lowest BCUT2D eigenvalue weighted by Crippen LogP contribution is -2.28. The summed E-state index contributed by atoms with van der Waals surface area (Å²) in [4.78, 5) is 11.6. The molecule has 1 fully saturated rings. The van der Waals surface area contributed by atoms with Crippen LogP contribution < -0.4 is 5.73 Å². The minimum atomic E-state index is -0.439. The van der Waals surface area contributed by atoms with Crippen molar-refractivity contribution in [2.45, 2.75) is 51.6 Å². The van der Waals surface area contributed by atoms with Crippen molar-refractivity contribution in [1.82, 2.24) is 0 Å². The first-order valence-electron chi connectivity index (χ1n) is 6.09. The maximum Gasteiger partial charge on any atom is 0.457 e. The lowest BCUT2D eigenvalue weighted by Gasteiger charge is -2.20. The van der Waals surface area contributed by atoms with Crippen molar-refractivity contribution >= 4 is 13.1 Å². The van der Waals surface area contributed by atoms with Crippen LogP contribution >= 0.6 is 0 Å². The van der Waals surface area contributed by atoms with Crippen LogP contribution in [-0.4, -0.2) is 37.9 Å². The molecule has 0 spiro atoms. The fraction of sp³-hybridized carbons (Fsp3) is 0.909. The molecule has 98 valence electrons. The summed E-state index contributed by atoms with van der Waals surface area (Å²) in [5, 5.41) is 0. The Kier molecular flexibility index (Phi) is 5.43. The van der Waals surface area contributed by atoms with Gasteiger partial charge in [-0.1, -0.05) is 0 Å². The SMILES string of the molecule is CC(C)(C)OC(=O)C[C@@H]1CCB(OCCN)O1. The van der Waals surface area contributed by atoms with Gasteiger partial charge in [0.1, 0.15) is 5.60 Å². The van der Waals surface area contributed by atoms with E-state index in [-0.39, 0.29) is 19.2 Å². The Morgan fingerprint density at radius 2 is 2.24 bits per heavy atom. The second kappa shape index (κ2) is 6.38. The highest BCUT2D eigenvalue weighted by Gasteiger charge is 2.33. The molecule has 0 aromatic carbocycles. The van der Waals surface area contributed by atoms with Crippen LogP contribution in [-0.2, 0) is 18.8 Å². The number of rotatable bonds is 5. The summed E-state index contributed by atoms with van der Waals surface area (Å²) in [6.45, 7) is 6.54. The van der Waals surface area contributed by atoms with E-state index in [1.807, 2.05) is 20.8 Å². The molecular formula is C11H22BNO4. The summed E-state index contributed by atoms with van der Waals surface area (Å²) in [5.41, 5.74) is 4.90. The molecule has 17 heavy (non-hydrogen) atoms. The van der Waals surface area contributed by atoms with Gasteiger partial charge in [0, 0.05) is 13.2 Å². The van der Waals surface area contributed by atoms with Gasteiger partial charge in [-0.3, -0.25) is 4.79 Å². The van der Waals surface area contributed by atoms with E-state index in [9.17, 15) is 4.79 Å². The van der Waals surface area contributed by atoms with Gasteiger partial charge < -0.3 is 19.8 Å². The predicted molar refractivity (Wildman–Crippen MR) is 65.5 cm³/mol. The largest absolute Gasteiger partial charge is 0.460 e. The molecule has 5 nitrogen and oxygen atoms in total. The fourth-order valence-electron chi connectivity index (χ4n) is 1.71. The Bertz CT molecular complexity index is 254. The summed E-state index contributed by atoms with van der Waals surface area (Å²) in [7, 11) is -0.217. The molecule has 0 amide bonds. The van der Waals surface area contributed by atoms with Gasteiger partial charge in [0.2, 0.25) is 0 Å². The second-order valence-corrected chi connectivity index (χ2v) is 5.22. The number of hydrogen-bond acceptors (Lipinski definition) is 5. The van der Waals surface area contributed by atoms with E-state index in [2.05, 4.69) is 0 Å². The lowest BCUT2D eigenvalue weighted by atomic mass is 9.86. The van der Waals surface area contributed by atoms with Gasteiger partial charge in [-0.2, -0.15) is 0 Å². The monoisotopic (exact) mass is 243 g/mol. The number of hydrogen-bond donors (Lipinski definition) is 1. The third-order valence-electron chi connectivity index (χ3n) is 2.30. The molecule has 0 unspecified atom stereocenters. The normalized spacial score (nSPS) is 20.7. The van der Waals surface area contributed by atoms with Gasteiger partial charge >= 0.3 is 13.1 Å². The summed E-state index contributed by atoms with van der Waals surface area (Å²) < 4.78 is 16.2. The molecule has 1 heterocycles. The highest BCUT2D eigenvalue weighted by atomic mass is 16.6. The molecule has 6 heteroatoms. The third-order valence-corrected chi connectivity index (χ3v) is 2.30. The zero-order valence-electron chi connectivity index (χ0n) is 10.9. The first-order chi connectivity index (χ1) is 7.90. The van der Waals surface area contributed by atoms with Gasteiger partial charge in [0.15, 0.2) is 0 Å². The molecule has 1 aliphatic rings. The van der Waals surface area contributed by atoms with Crippen molar-refractivity contribution < 1.29 is 18.8 Å². The number of esters is 1. The summed E-state index contributed by atoms with van der Waals surface area (Å²) in [5.74, 6) is -0.220. The van der Waals surface area contributed by atoms with Crippen LogP contribution in [0.3, 0.4) is 0 Å². The number of carbonyl (C=O) groups excluding carboxylic acids is 1. The minimum absolute atomic E-state index is 0.0902. The van der Waals surface area contributed by atoms with E-state index < -0.39 is 5.60 Å². The Hall–Kier alpha value is -0.585. The molecule has 0 aromatic heterocycles. The molecule has 0 bridgehead atoms. The molecule has 0 aromatic rings. The Labute approximate surface area is 103 Å². The number of ether oxygens (including phenoxy) is 1. The van der Waals surface area contributed by atoms with E-state index in [4.69, 9.17) is 19.8 Å². The molecule has 1 rings (SSSR count). The molecular weight excluding hydrogens is 221 g/mol. The van der Waals surface area contributed by atoms with Crippen LogP contribution in [0, 0.1) is 0 Å². The molecule has 2 N–H and O–H groups in total. The van der Waals surface area contributed by atoms with Gasteiger partial charge in [-0.05, 0) is 33.5 Å². The van der Waals surface area contributed by atoms with Crippen LogP contribution in [0.5, 0.6) is 0 Å². The van der Waals surface area contributed by atoms with Crippen LogP contribution in [0.15, 0.2) is 0 Å². The van der Waals surface area contributed by atoms with Crippen LogP contribution in [0.2, 0.25) is 6.32 Å². The quantitative estimate of drug-likeness (QED) is 0.575. The van der Waals surface area contributed by atoms with Gasteiger partial charge in [0.05, 0.1) is 12.5 Å². The Morgan fingerprint density at radius 1 is 1.53 bits per heavy atom. The first kappa shape index (κ1) is 14.5. The van der Waals surface area contributed by atoms with Crippen molar-refractivity contribution in [2.24, 2.45) is 5.73 Å². The summed E-state index contributed by atoms with van der Waals surface area (Å²) in [6, 6.07) is 0. The highest BCUT2D eigenvalue weighted by Crippen LogP contribution is 2.22. The molecule has 1 aliphatic heterocycles. The molecule has 0 aliphatic carbocycles. The summed E-state index contributed by atoms with van der Waals surface area (Å²) >= 11 is 0. The second-order valence-electron chi connectivity index (χ2n) is 5.22. The number of carbonyl (C=O) groups is 1. The average molecular weight is 243 g/mol. The Balaban J connectivity index is 2.23. The first-order valence-corrected chi connectivity index (χ1v) is 6.09. The average Bonchev–Trinajstić information content (AvgIpc) is 2.59. The standard InChI is InChI=1S/C11H22BNO4/c1-11(2,3)16-10(14)8-9-4-5-12(17-9)15-7-6-13/h9H,4-8,13H2,1-3H3/t9-/m0/s1. The van der Waals surface area contributed by atoms with E-state index in [0.717, 1.165) is 12.7 Å². The number of nitrogens with two attached hydrogens (primary N) is 1. The van der Waals surface area contributed by atoms with E-state index >= 15 is 0 Å². The van der Waals surface area contributed by atoms with Gasteiger partial charge in [-0.25, -0.2) is 0 Å². The molecule has 1 atom stereocenters. The lowest BCUT2D eigenvalue weighted by molar-refractivity contribution is -0.156. The van der Waals surface area contributed by atoms with Gasteiger partial charge in [-0.15, -0.1) is 0 Å². The topological polar surface area (TPSA) is 70.8 Å². The molecule has 0 radical (unpaired) electrons. The van der Waals surface area contributed by atoms with E-state index in [1.165, 1.54) is 0 Å².